The summed E-state index contributed by atoms with van der Waals surface area (Å²) >= 11 is 0. The minimum absolute atomic E-state index is 0.0917. The van der Waals surface area contributed by atoms with Crippen molar-refractivity contribution in [3.63, 3.8) is 0 Å². The van der Waals surface area contributed by atoms with Crippen molar-refractivity contribution < 1.29 is 13.9 Å². The Bertz CT molecular complexity index is 822. The van der Waals surface area contributed by atoms with Gasteiger partial charge in [-0.1, -0.05) is 6.07 Å². The van der Waals surface area contributed by atoms with Crippen molar-refractivity contribution in [2.45, 2.75) is 13.3 Å². The van der Waals surface area contributed by atoms with E-state index in [1.54, 1.807) is 31.4 Å². The molecule has 23 heavy (non-hydrogen) atoms. The van der Waals surface area contributed by atoms with Crippen LogP contribution in [0.25, 0.3) is 11.1 Å². The molecule has 118 valence electrons. The highest BCUT2D eigenvalue weighted by atomic mass is 16.5. The molecule has 0 fully saturated rings. The molecule has 0 bridgehead atoms. The van der Waals surface area contributed by atoms with Crippen LogP contribution in [0.3, 0.4) is 0 Å². The Kier molecular flexibility index (Phi) is 4.28. The van der Waals surface area contributed by atoms with Gasteiger partial charge in [0.05, 0.1) is 7.11 Å². The van der Waals surface area contributed by atoms with E-state index in [2.05, 4.69) is 10.3 Å². The second-order valence-electron chi connectivity index (χ2n) is 5.27. The van der Waals surface area contributed by atoms with Crippen LogP contribution in [0.4, 0.5) is 0 Å². The van der Waals surface area contributed by atoms with E-state index in [1.165, 1.54) is 0 Å². The number of oxazole rings is 1. The van der Waals surface area contributed by atoms with Gasteiger partial charge in [0.1, 0.15) is 11.3 Å². The summed E-state index contributed by atoms with van der Waals surface area (Å²) in [5.41, 5.74) is 3.37. The summed E-state index contributed by atoms with van der Waals surface area (Å²) < 4.78 is 10.5. The first kappa shape index (κ1) is 15.1. The van der Waals surface area contributed by atoms with Crippen molar-refractivity contribution in [2.75, 3.05) is 13.7 Å². The molecule has 0 unspecified atom stereocenters. The Morgan fingerprint density at radius 2 is 2.00 bits per heavy atom. The van der Waals surface area contributed by atoms with Crippen LogP contribution < -0.4 is 10.1 Å². The molecule has 1 amide bonds. The normalized spacial score (nSPS) is 10.7. The highest BCUT2D eigenvalue weighted by molar-refractivity contribution is 5.94. The maximum absolute atomic E-state index is 12.1. The first-order chi connectivity index (χ1) is 11.2. The molecule has 1 heterocycles. The molecule has 1 aromatic heterocycles. The number of methoxy groups -OCH3 is 1. The van der Waals surface area contributed by atoms with Gasteiger partial charge in [0.2, 0.25) is 0 Å². The average molecular weight is 310 g/mol. The van der Waals surface area contributed by atoms with E-state index >= 15 is 0 Å². The molecule has 3 aromatic rings. The number of aryl methyl sites for hydroxylation is 1. The molecule has 0 atom stereocenters. The molecule has 0 spiro atoms. The monoisotopic (exact) mass is 310 g/mol. The van der Waals surface area contributed by atoms with Gasteiger partial charge in [0.15, 0.2) is 11.5 Å². The van der Waals surface area contributed by atoms with Gasteiger partial charge in [-0.15, -0.1) is 0 Å². The minimum atomic E-state index is -0.0917. The number of nitrogens with zero attached hydrogens (tertiary/aromatic N) is 1. The lowest BCUT2D eigenvalue weighted by atomic mass is 10.1. The predicted octanol–water partition coefficient (Wildman–Crippen LogP) is 3.12. The summed E-state index contributed by atoms with van der Waals surface area (Å²) in [6, 6.07) is 12.9. The number of amides is 1. The van der Waals surface area contributed by atoms with Gasteiger partial charge in [-0.2, -0.15) is 0 Å². The van der Waals surface area contributed by atoms with Crippen molar-refractivity contribution in [3.8, 4) is 5.75 Å². The number of fused-ring (bicyclic) bond motifs is 1. The summed E-state index contributed by atoms with van der Waals surface area (Å²) in [5.74, 6) is 1.30. The number of ether oxygens (including phenoxy) is 1. The first-order valence-electron chi connectivity index (χ1n) is 7.44. The Labute approximate surface area is 134 Å². The molecule has 0 aliphatic carbocycles. The number of hydrogen-bond donors (Lipinski definition) is 1. The molecule has 1 N–H and O–H groups in total. The average Bonchev–Trinajstić information content (AvgIpc) is 2.94. The van der Waals surface area contributed by atoms with E-state index in [0.717, 1.165) is 28.8 Å². The van der Waals surface area contributed by atoms with E-state index in [9.17, 15) is 4.79 Å². The summed E-state index contributed by atoms with van der Waals surface area (Å²) in [5, 5.41) is 2.91. The Hall–Kier alpha value is -2.82. The molecule has 5 heteroatoms. The van der Waals surface area contributed by atoms with Crippen LogP contribution in [-0.4, -0.2) is 24.5 Å². The highest BCUT2D eigenvalue weighted by Gasteiger charge is 2.06. The third kappa shape index (κ3) is 3.51. The number of carbonyl (C=O) groups excluding carboxylic acids is 1. The molecule has 0 aliphatic rings. The lowest BCUT2D eigenvalue weighted by molar-refractivity contribution is 0.0954. The van der Waals surface area contributed by atoms with Crippen LogP contribution in [0, 0.1) is 6.92 Å². The van der Waals surface area contributed by atoms with Gasteiger partial charge in [-0.3, -0.25) is 4.79 Å². The zero-order chi connectivity index (χ0) is 16.2. The molecule has 0 aliphatic heterocycles. The largest absolute Gasteiger partial charge is 0.497 e. The molecule has 0 saturated carbocycles. The van der Waals surface area contributed by atoms with E-state index in [0.29, 0.717) is 18.0 Å². The first-order valence-corrected chi connectivity index (χ1v) is 7.44. The van der Waals surface area contributed by atoms with Crippen molar-refractivity contribution in [3.05, 3.63) is 59.5 Å². The molecular formula is C18H18N2O3. The Morgan fingerprint density at radius 3 is 2.74 bits per heavy atom. The molecule has 0 radical (unpaired) electrons. The van der Waals surface area contributed by atoms with Crippen LogP contribution in [-0.2, 0) is 6.42 Å². The zero-order valence-electron chi connectivity index (χ0n) is 13.1. The summed E-state index contributed by atoms with van der Waals surface area (Å²) in [6.45, 7) is 2.39. The van der Waals surface area contributed by atoms with E-state index in [4.69, 9.17) is 9.15 Å². The van der Waals surface area contributed by atoms with Gasteiger partial charge < -0.3 is 14.5 Å². The fraction of sp³-hybridized carbons (Fsp3) is 0.222. The number of carbonyl (C=O) groups is 1. The number of aromatic nitrogens is 1. The molecule has 2 aromatic carbocycles. The summed E-state index contributed by atoms with van der Waals surface area (Å²) in [6.07, 6.45) is 0.740. The number of hydrogen-bond acceptors (Lipinski definition) is 4. The minimum Gasteiger partial charge on any atom is -0.497 e. The van der Waals surface area contributed by atoms with Crippen LogP contribution in [0.5, 0.6) is 5.75 Å². The van der Waals surface area contributed by atoms with Gasteiger partial charge in [0.25, 0.3) is 5.91 Å². The van der Waals surface area contributed by atoms with E-state index < -0.39 is 0 Å². The Morgan fingerprint density at radius 1 is 1.22 bits per heavy atom. The molecule has 3 rings (SSSR count). The van der Waals surface area contributed by atoms with Crippen LogP contribution in [0.1, 0.15) is 21.8 Å². The molecular weight excluding hydrogens is 292 g/mol. The second-order valence-corrected chi connectivity index (χ2v) is 5.27. The third-order valence-corrected chi connectivity index (χ3v) is 3.61. The fourth-order valence-corrected chi connectivity index (χ4v) is 2.41. The lowest BCUT2D eigenvalue weighted by Crippen LogP contribution is -2.25. The smallest absolute Gasteiger partial charge is 0.251 e. The maximum atomic E-state index is 12.1. The van der Waals surface area contributed by atoms with Crippen LogP contribution in [0.15, 0.2) is 46.9 Å². The SMILES string of the molecule is COc1ccc(C(=O)NCCc2ccc3oc(C)nc3c2)cc1. The fourth-order valence-electron chi connectivity index (χ4n) is 2.41. The number of benzene rings is 2. The number of nitrogens with one attached hydrogen (secondary N) is 1. The topological polar surface area (TPSA) is 64.4 Å². The van der Waals surface area contributed by atoms with Crippen LogP contribution in [0.2, 0.25) is 0 Å². The van der Waals surface area contributed by atoms with Crippen molar-refractivity contribution in [1.29, 1.82) is 0 Å². The molecule has 5 nitrogen and oxygen atoms in total. The lowest BCUT2D eigenvalue weighted by Gasteiger charge is -2.06. The Balaban J connectivity index is 1.57. The van der Waals surface area contributed by atoms with E-state index in [1.807, 2.05) is 25.1 Å². The highest BCUT2D eigenvalue weighted by Crippen LogP contribution is 2.17. The van der Waals surface area contributed by atoms with Crippen LogP contribution >= 0.6 is 0 Å². The number of rotatable bonds is 5. The predicted molar refractivity (Wildman–Crippen MR) is 87.8 cm³/mol. The van der Waals surface area contributed by atoms with Gasteiger partial charge in [0, 0.05) is 19.0 Å². The van der Waals surface area contributed by atoms with E-state index in [-0.39, 0.29) is 5.91 Å². The van der Waals surface area contributed by atoms with Crippen molar-refractivity contribution in [2.24, 2.45) is 0 Å². The van der Waals surface area contributed by atoms with Gasteiger partial charge >= 0.3 is 0 Å². The zero-order valence-corrected chi connectivity index (χ0v) is 13.1. The third-order valence-electron chi connectivity index (χ3n) is 3.61. The van der Waals surface area contributed by atoms with Gasteiger partial charge in [-0.05, 0) is 48.4 Å². The second kappa shape index (κ2) is 6.52. The summed E-state index contributed by atoms with van der Waals surface area (Å²) in [4.78, 5) is 16.4. The maximum Gasteiger partial charge on any atom is 0.251 e. The quantitative estimate of drug-likeness (QED) is 0.786. The van der Waals surface area contributed by atoms with Gasteiger partial charge in [-0.25, -0.2) is 4.98 Å². The van der Waals surface area contributed by atoms with Crippen molar-refractivity contribution in [1.82, 2.24) is 10.3 Å². The standard InChI is InChI=1S/C18H18N2O3/c1-12-20-16-11-13(3-8-17(16)23-12)9-10-19-18(21)14-4-6-15(22-2)7-5-14/h3-8,11H,9-10H2,1-2H3,(H,19,21). The van der Waals surface area contributed by atoms with Crippen molar-refractivity contribution >= 4 is 17.0 Å². The molecule has 0 saturated heterocycles. The summed E-state index contributed by atoms with van der Waals surface area (Å²) in [7, 11) is 1.60.